The molecule has 0 radical (unpaired) electrons. The lowest BCUT2D eigenvalue weighted by molar-refractivity contribution is -0.109. The smallest absolute Gasteiger partial charge is 0.248 e. The molecule has 18 heavy (non-hydrogen) atoms. The normalized spacial score (nSPS) is 18.8. The van der Waals surface area contributed by atoms with Crippen LogP contribution in [0.4, 0.5) is 8.78 Å². The van der Waals surface area contributed by atoms with Gasteiger partial charge in [0, 0.05) is 18.9 Å². The van der Waals surface area contributed by atoms with E-state index in [-0.39, 0.29) is 24.2 Å². The highest BCUT2D eigenvalue weighted by Crippen LogP contribution is 2.43. The van der Waals surface area contributed by atoms with E-state index < -0.39 is 5.92 Å². The van der Waals surface area contributed by atoms with Gasteiger partial charge in [-0.25, -0.2) is 8.78 Å². The van der Waals surface area contributed by atoms with Gasteiger partial charge in [-0.2, -0.15) is 0 Å². The summed E-state index contributed by atoms with van der Waals surface area (Å²) in [6.07, 6.45) is 1.86. The third kappa shape index (κ3) is 2.03. The minimum absolute atomic E-state index is 0.0215. The number of benzene rings is 1. The van der Waals surface area contributed by atoms with E-state index in [9.17, 15) is 13.6 Å². The van der Waals surface area contributed by atoms with E-state index in [1.54, 1.807) is 12.1 Å². The summed E-state index contributed by atoms with van der Waals surface area (Å²) in [5, 5.41) is 0.515. The summed E-state index contributed by atoms with van der Waals surface area (Å²) in [6.45, 7) is 0. The molecule has 1 aromatic heterocycles. The third-order valence-corrected chi connectivity index (χ3v) is 3.42. The van der Waals surface area contributed by atoms with Crippen LogP contribution in [0.25, 0.3) is 11.0 Å². The molecule has 2 nitrogen and oxygen atoms in total. The molecule has 0 atom stereocenters. The van der Waals surface area contributed by atoms with Crippen molar-refractivity contribution in [3.8, 4) is 0 Å². The van der Waals surface area contributed by atoms with Crippen LogP contribution in [-0.2, 0) is 6.42 Å². The summed E-state index contributed by atoms with van der Waals surface area (Å²) in [5.41, 5.74) is 1.35. The lowest BCUT2D eigenvalue weighted by Crippen LogP contribution is -2.36. The molecule has 0 unspecified atom stereocenters. The van der Waals surface area contributed by atoms with Crippen LogP contribution < -0.4 is 5.43 Å². The van der Waals surface area contributed by atoms with E-state index in [1.807, 2.05) is 6.07 Å². The minimum atomic E-state index is -2.49. The molecular weight excluding hydrogens is 238 g/mol. The topological polar surface area (TPSA) is 30.2 Å². The summed E-state index contributed by atoms with van der Waals surface area (Å²) in [7, 11) is 0. The minimum Gasteiger partial charge on any atom is -0.464 e. The van der Waals surface area contributed by atoms with E-state index in [1.165, 1.54) is 12.3 Å². The fraction of sp³-hybridized carbons (Fsp3) is 0.357. The second-order valence-electron chi connectivity index (χ2n) is 4.95. The number of halogens is 2. The van der Waals surface area contributed by atoms with E-state index >= 15 is 0 Å². The molecule has 2 aromatic rings. The molecule has 4 heteroatoms. The van der Waals surface area contributed by atoms with E-state index in [0.717, 1.165) is 5.56 Å². The second-order valence-corrected chi connectivity index (χ2v) is 4.95. The highest BCUT2D eigenvalue weighted by Gasteiger charge is 2.44. The first-order valence-corrected chi connectivity index (χ1v) is 5.92. The van der Waals surface area contributed by atoms with Gasteiger partial charge in [-0.15, -0.1) is 0 Å². The van der Waals surface area contributed by atoms with Gasteiger partial charge in [0.15, 0.2) is 5.43 Å². The summed E-state index contributed by atoms with van der Waals surface area (Å²) in [5.74, 6) is -2.46. The molecule has 0 N–H and O–H groups in total. The number of alkyl halides is 2. The van der Waals surface area contributed by atoms with Crippen LogP contribution in [0, 0.1) is 5.92 Å². The monoisotopic (exact) mass is 250 g/mol. The molecule has 3 rings (SSSR count). The van der Waals surface area contributed by atoms with Crippen LogP contribution in [0.1, 0.15) is 18.4 Å². The molecular formula is C14H12F2O2. The Morgan fingerprint density at radius 1 is 1.28 bits per heavy atom. The number of rotatable bonds is 2. The van der Waals surface area contributed by atoms with E-state index in [2.05, 4.69) is 0 Å². The van der Waals surface area contributed by atoms with Crippen molar-refractivity contribution < 1.29 is 13.2 Å². The number of fused-ring (bicyclic) bond motifs is 1. The van der Waals surface area contributed by atoms with Crippen molar-refractivity contribution in [2.75, 3.05) is 0 Å². The first kappa shape index (κ1) is 11.4. The zero-order valence-electron chi connectivity index (χ0n) is 9.66. The average molecular weight is 250 g/mol. The Hall–Kier alpha value is -1.71. The van der Waals surface area contributed by atoms with Crippen molar-refractivity contribution in [2.45, 2.75) is 25.2 Å². The number of hydrogen-bond donors (Lipinski definition) is 0. The van der Waals surface area contributed by atoms with Crippen molar-refractivity contribution >= 4 is 11.0 Å². The number of hydrogen-bond acceptors (Lipinski definition) is 2. The molecule has 1 fully saturated rings. The quantitative estimate of drug-likeness (QED) is 0.817. The molecule has 0 aliphatic heterocycles. The van der Waals surface area contributed by atoms with Gasteiger partial charge >= 0.3 is 0 Å². The maximum absolute atomic E-state index is 12.7. The van der Waals surface area contributed by atoms with Gasteiger partial charge in [0.25, 0.3) is 0 Å². The van der Waals surface area contributed by atoms with Crippen LogP contribution in [0.15, 0.2) is 39.7 Å². The average Bonchev–Trinajstić information content (AvgIpc) is 2.28. The summed E-state index contributed by atoms with van der Waals surface area (Å²) in [6, 6.07) is 6.67. The van der Waals surface area contributed by atoms with Crippen LogP contribution in [-0.4, -0.2) is 5.92 Å². The Kier molecular flexibility index (Phi) is 2.47. The molecule has 94 valence electrons. The predicted molar refractivity (Wildman–Crippen MR) is 63.9 cm³/mol. The van der Waals surface area contributed by atoms with Crippen LogP contribution in [0.2, 0.25) is 0 Å². The summed E-state index contributed by atoms with van der Waals surface area (Å²) in [4.78, 5) is 11.6. The summed E-state index contributed by atoms with van der Waals surface area (Å²) >= 11 is 0. The molecule has 1 aromatic carbocycles. The van der Waals surface area contributed by atoms with Crippen LogP contribution in [0.3, 0.4) is 0 Å². The van der Waals surface area contributed by atoms with Crippen molar-refractivity contribution in [3.05, 3.63) is 46.3 Å². The highest BCUT2D eigenvalue weighted by atomic mass is 19.3. The fourth-order valence-corrected chi connectivity index (χ4v) is 2.52. The molecule has 1 aliphatic carbocycles. The van der Waals surface area contributed by atoms with E-state index in [0.29, 0.717) is 17.4 Å². The molecule has 1 saturated carbocycles. The standard InChI is InChI=1S/C14H12F2O2/c15-14(16)7-10(8-14)5-9-1-2-13-11(6-9)12(17)3-4-18-13/h1-4,6,10H,5,7-8H2. The molecule has 0 bridgehead atoms. The Balaban J connectivity index is 1.86. The maximum atomic E-state index is 12.7. The van der Waals surface area contributed by atoms with Crippen molar-refractivity contribution in [3.63, 3.8) is 0 Å². The largest absolute Gasteiger partial charge is 0.464 e. The van der Waals surface area contributed by atoms with Crippen molar-refractivity contribution in [1.82, 2.24) is 0 Å². The Labute approximate surface area is 102 Å². The molecule has 1 aliphatic rings. The zero-order chi connectivity index (χ0) is 12.8. The lowest BCUT2D eigenvalue weighted by atomic mass is 9.77. The SMILES string of the molecule is O=c1ccoc2ccc(CC3CC(F)(F)C3)cc12. The molecule has 0 amide bonds. The fourth-order valence-electron chi connectivity index (χ4n) is 2.52. The highest BCUT2D eigenvalue weighted by molar-refractivity contribution is 5.76. The Morgan fingerprint density at radius 3 is 2.78 bits per heavy atom. The molecule has 0 spiro atoms. The van der Waals surface area contributed by atoms with Gasteiger partial charge < -0.3 is 4.42 Å². The van der Waals surface area contributed by atoms with E-state index in [4.69, 9.17) is 4.42 Å². The maximum Gasteiger partial charge on any atom is 0.248 e. The van der Waals surface area contributed by atoms with Gasteiger partial charge in [0.2, 0.25) is 5.92 Å². The zero-order valence-corrected chi connectivity index (χ0v) is 9.66. The Bertz CT molecular complexity index is 638. The summed E-state index contributed by atoms with van der Waals surface area (Å²) < 4.78 is 30.7. The van der Waals surface area contributed by atoms with Gasteiger partial charge in [0.1, 0.15) is 5.58 Å². The third-order valence-electron chi connectivity index (χ3n) is 3.42. The predicted octanol–water partition coefficient (Wildman–Crippen LogP) is 3.38. The van der Waals surface area contributed by atoms with Gasteiger partial charge in [-0.1, -0.05) is 6.07 Å². The van der Waals surface area contributed by atoms with Crippen LogP contribution >= 0.6 is 0 Å². The van der Waals surface area contributed by atoms with Crippen molar-refractivity contribution in [2.24, 2.45) is 5.92 Å². The molecule has 0 saturated heterocycles. The van der Waals surface area contributed by atoms with Gasteiger partial charge in [-0.05, 0) is 30.0 Å². The Morgan fingerprint density at radius 2 is 2.06 bits per heavy atom. The van der Waals surface area contributed by atoms with Crippen LogP contribution in [0.5, 0.6) is 0 Å². The van der Waals surface area contributed by atoms with Crippen molar-refractivity contribution in [1.29, 1.82) is 0 Å². The second kappa shape index (κ2) is 3.90. The first-order chi connectivity index (χ1) is 8.53. The molecule has 1 heterocycles. The van der Waals surface area contributed by atoms with Gasteiger partial charge in [0.05, 0.1) is 11.6 Å². The first-order valence-electron chi connectivity index (χ1n) is 5.92. The lowest BCUT2D eigenvalue weighted by Gasteiger charge is -2.35. The van der Waals surface area contributed by atoms with Gasteiger partial charge in [-0.3, -0.25) is 4.79 Å².